The molecule has 156 valence electrons. The Morgan fingerprint density at radius 3 is 2.70 bits per heavy atom. The van der Waals surface area contributed by atoms with Gasteiger partial charge in [0.25, 0.3) is 0 Å². The van der Waals surface area contributed by atoms with Gasteiger partial charge in [-0.2, -0.15) is 0 Å². The fraction of sp³-hybridized carbons (Fsp3) is 0.318. The standard InChI is InChI=1S/C22H24N4O2S2/c1-25-11-8-16(9-12-25)30(27,28)21-4-2-3-17-18(7-10-24-22(17)21)26-14-29-20-6-5-15(23)13-19(20)26/h2-7,10,13,16H,8-9,11-12,14,23H2,1H3. The zero-order valence-electron chi connectivity index (χ0n) is 16.8. The molecular weight excluding hydrogens is 416 g/mol. The van der Waals surface area contributed by atoms with Gasteiger partial charge in [0.1, 0.15) is 0 Å². The van der Waals surface area contributed by atoms with Gasteiger partial charge in [-0.05, 0) is 63.3 Å². The first-order chi connectivity index (χ1) is 14.4. The number of rotatable bonds is 3. The van der Waals surface area contributed by atoms with Crippen molar-refractivity contribution in [1.29, 1.82) is 0 Å². The number of hydrogen-bond acceptors (Lipinski definition) is 7. The predicted octanol–water partition coefficient (Wildman–Crippen LogP) is 3.89. The number of thioether (sulfide) groups is 1. The Morgan fingerprint density at radius 1 is 1.10 bits per heavy atom. The van der Waals surface area contributed by atoms with Crippen molar-refractivity contribution in [2.24, 2.45) is 0 Å². The number of anilines is 3. The number of nitrogens with two attached hydrogens (primary N) is 1. The average molecular weight is 441 g/mol. The fourth-order valence-electron chi connectivity index (χ4n) is 4.34. The van der Waals surface area contributed by atoms with E-state index < -0.39 is 9.84 Å². The van der Waals surface area contributed by atoms with Crippen LogP contribution in [-0.2, 0) is 9.84 Å². The van der Waals surface area contributed by atoms with E-state index in [1.54, 1.807) is 24.0 Å². The second-order valence-corrected chi connectivity index (χ2v) is 11.1. The maximum atomic E-state index is 13.5. The van der Waals surface area contributed by atoms with Crippen LogP contribution in [0.5, 0.6) is 0 Å². The highest BCUT2D eigenvalue weighted by atomic mass is 32.2. The first-order valence-electron chi connectivity index (χ1n) is 10.1. The average Bonchev–Trinajstić information content (AvgIpc) is 3.16. The Labute approximate surface area is 181 Å². The van der Waals surface area contributed by atoms with Crippen LogP contribution in [0.15, 0.2) is 58.5 Å². The number of pyridine rings is 1. The first kappa shape index (κ1) is 19.7. The third kappa shape index (κ3) is 3.23. The largest absolute Gasteiger partial charge is 0.399 e. The van der Waals surface area contributed by atoms with Crippen LogP contribution in [0.3, 0.4) is 0 Å². The van der Waals surface area contributed by atoms with Crippen LogP contribution in [0.25, 0.3) is 10.9 Å². The minimum atomic E-state index is -3.45. The predicted molar refractivity (Wildman–Crippen MR) is 123 cm³/mol. The maximum Gasteiger partial charge on any atom is 0.183 e. The first-order valence-corrected chi connectivity index (χ1v) is 12.6. The van der Waals surface area contributed by atoms with Crippen LogP contribution < -0.4 is 10.6 Å². The molecule has 0 atom stereocenters. The van der Waals surface area contributed by atoms with Crippen molar-refractivity contribution in [3.8, 4) is 0 Å². The van der Waals surface area contributed by atoms with E-state index in [2.05, 4.69) is 14.8 Å². The number of benzene rings is 2. The van der Waals surface area contributed by atoms with Gasteiger partial charge in [-0.25, -0.2) is 8.42 Å². The van der Waals surface area contributed by atoms with Gasteiger partial charge in [-0.1, -0.05) is 12.1 Å². The number of fused-ring (bicyclic) bond motifs is 2. The van der Waals surface area contributed by atoms with E-state index >= 15 is 0 Å². The number of hydrogen-bond donors (Lipinski definition) is 1. The van der Waals surface area contributed by atoms with Crippen molar-refractivity contribution in [3.63, 3.8) is 0 Å². The molecule has 0 spiro atoms. The molecule has 0 amide bonds. The zero-order valence-corrected chi connectivity index (χ0v) is 18.4. The van der Waals surface area contributed by atoms with Crippen molar-refractivity contribution in [2.45, 2.75) is 27.9 Å². The zero-order chi connectivity index (χ0) is 20.9. The molecule has 1 aromatic heterocycles. The number of sulfone groups is 1. The molecule has 6 nitrogen and oxygen atoms in total. The van der Waals surface area contributed by atoms with Crippen LogP contribution in [0.2, 0.25) is 0 Å². The minimum Gasteiger partial charge on any atom is -0.399 e. The number of likely N-dealkylation sites (tertiary alicyclic amines) is 1. The molecule has 1 fully saturated rings. The highest BCUT2D eigenvalue weighted by Gasteiger charge is 2.32. The van der Waals surface area contributed by atoms with Gasteiger partial charge in [-0.3, -0.25) is 4.98 Å². The highest BCUT2D eigenvalue weighted by molar-refractivity contribution is 7.99. The van der Waals surface area contributed by atoms with E-state index in [0.29, 0.717) is 28.9 Å². The van der Waals surface area contributed by atoms with E-state index in [-0.39, 0.29) is 5.25 Å². The van der Waals surface area contributed by atoms with Crippen molar-refractivity contribution < 1.29 is 8.42 Å². The molecule has 3 aromatic rings. The monoisotopic (exact) mass is 440 g/mol. The van der Waals surface area contributed by atoms with Gasteiger partial charge in [-0.15, -0.1) is 11.8 Å². The summed E-state index contributed by atoms with van der Waals surface area (Å²) < 4.78 is 27.0. The SMILES string of the molecule is CN1CCC(S(=O)(=O)c2cccc3c(N4CSc5ccc(N)cc54)ccnc23)CC1. The Balaban J connectivity index is 1.61. The molecule has 0 unspecified atom stereocenters. The fourth-order valence-corrected chi connectivity index (χ4v) is 7.26. The lowest BCUT2D eigenvalue weighted by Crippen LogP contribution is -2.37. The minimum absolute atomic E-state index is 0.344. The molecule has 2 N–H and O–H groups in total. The van der Waals surface area contributed by atoms with Gasteiger partial charge in [0.15, 0.2) is 9.84 Å². The topological polar surface area (TPSA) is 79.5 Å². The maximum absolute atomic E-state index is 13.5. The summed E-state index contributed by atoms with van der Waals surface area (Å²) in [6.07, 6.45) is 3.02. The van der Waals surface area contributed by atoms with E-state index in [1.807, 2.05) is 43.4 Å². The van der Waals surface area contributed by atoms with Crippen LogP contribution in [-0.4, -0.2) is 49.6 Å². The molecule has 8 heteroatoms. The summed E-state index contributed by atoms with van der Waals surface area (Å²) in [6, 6.07) is 13.4. The molecule has 0 radical (unpaired) electrons. The third-order valence-electron chi connectivity index (χ3n) is 6.04. The molecule has 2 aliphatic rings. The van der Waals surface area contributed by atoms with Crippen LogP contribution in [0, 0.1) is 0 Å². The lowest BCUT2D eigenvalue weighted by molar-refractivity contribution is 0.278. The molecule has 2 aliphatic heterocycles. The Morgan fingerprint density at radius 2 is 1.90 bits per heavy atom. The Kier molecular flexibility index (Phi) is 4.88. The van der Waals surface area contributed by atoms with Gasteiger partial charge < -0.3 is 15.5 Å². The summed E-state index contributed by atoms with van der Waals surface area (Å²) >= 11 is 1.75. The van der Waals surface area contributed by atoms with Crippen molar-refractivity contribution >= 4 is 49.6 Å². The number of aromatic nitrogens is 1. The summed E-state index contributed by atoms with van der Waals surface area (Å²) in [6.45, 7) is 1.60. The van der Waals surface area contributed by atoms with Crippen molar-refractivity contribution in [1.82, 2.24) is 9.88 Å². The van der Waals surface area contributed by atoms with E-state index in [9.17, 15) is 8.42 Å². The summed E-state index contributed by atoms with van der Waals surface area (Å²) in [7, 11) is -1.42. The summed E-state index contributed by atoms with van der Waals surface area (Å²) in [4.78, 5) is 10.4. The molecule has 3 heterocycles. The smallest absolute Gasteiger partial charge is 0.183 e. The van der Waals surface area contributed by atoms with Crippen molar-refractivity contribution in [3.05, 3.63) is 48.7 Å². The molecule has 1 saturated heterocycles. The number of piperidine rings is 1. The van der Waals surface area contributed by atoms with Crippen LogP contribution in [0.4, 0.5) is 17.1 Å². The van der Waals surface area contributed by atoms with E-state index in [4.69, 9.17) is 5.73 Å². The number of para-hydroxylation sites is 1. The highest BCUT2D eigenvalue weighted by Crippen LogP contribution is 2.45. The summed E-state index contributed by atoms with van der Waals surface area (Å²) in [5.41, 5.74) is 9.30. The van der Waals surface area contributed by atoms with Crippen LogP contribution in [0.1, 0.15) is 12.8 Å². The lowest BCUT2D eigenvalue weighted by atomic mass is 10.1. The molecule has 2 aromatic carbocycles. The number of nitrogen functional groups attached to an aromatic ring is 1. The van der Waals surface area contributed by atoms with E-state index in [1.165, 1.54) is 4.90 Å². The molecule has 0 bridgehead atoms. The third-order valence-corrected chi connectivity index (χ3v) is 9.37. The Hall–Kier alpha value is -2.29. The molecular formula is C22H24N4O2S2. The normalized spacial score (nSPS) is 18.1. The van der Waals surface area contributed by atoms with Gasteiger partial charge in [0.2, 0.25) is 0 Å². The molecule has 0 aliphatic carbocycles. The summed E-state index contributed by atoms with van der Waals surface area (Å²) in [5, 5.41) is 0.495. The molecule has 30 heavy (non-hydrogen) atoms. The van der Waals surface area contributed by atoms with Gasteiger partial charge in [0, 0.05) is 22.2 Å². The van der Waals surface area contributed by atoms with Crippen LogP contribution >= 0.6 is 11.8 Å². The second-order valence-electron chi connectivity index (χ2n) is 7.96. The summed E-state index contributed by atoms with van der Waals surface area (Å²) in [5.74, 6) is 0.754. The number of nitrogens with zero attached hydrogens (tertiary/aromatic N) is 3. The second kappa shape index (κ2) is 7.44. The van der Waals surface area contributed by atoms with E-state index in [0.717, 1.165) is 35.7 Å². The van der Waals surface area contributed by atoms with Gasteiger partial charge in [0.05, 0.1) is 32.9 Å². The quantitative estimate of drug-likeness (QED) is 0.619. The van der Waals surface area contributed by atoms with Crippen molar-refractivity contribution in [2.75, 3.05) is 36.6 Å². The molecule has 5 rings (SSSR count). The molecule has 0 saturated carbocycles. The lowest BCUT2D eigenvalue weighted by Gasteiger charge is -2.29. The van der Waals surface area contributed by atoms with Gasteiger partial charge >= 0.3 is 0 Å². The Bertz CT molecular complexity index is 1220.